The largest absolute Gasteiger partial charge is 0.462 e. The van der Waals surface area contributed by atoms with E-state index < -0.39 is 5.97 Å². The molecule has 0 radical (unpaired) electrons. The monoisotopic (exact) mass is 350 g/mol. The quantitative estimate of drug-likeness (QED) is 0.586. The number of carbonyl (C=O) groups is 2. The van der Waals surface area contributed by atoms with Gasteiger partial charge in [-0.25, -0.2) is 9.59 Å². The summed E-state index contributed by atoms with van der Waals surface area (Å²) >= 11 is 0. The molecule has 1 unspecified atom stereocenters. The molecule has 1 aromatic carbocycles. The molecule has 0 fully saturated rings. The molecule has 1 atom stereocenters. The summed E-state index contributed by atoms with van der Waals surface area (Å²) in [6, 6.07) is 6.33. The van der Waals surface area contributed by atoms with Crippen LogP contribution in [-0.2, 0) is 14.2 Å². The number of ether oxygens (including phenoxy) is 3. The molecule has 5 heteroatoms. The van der Waals surface area contributed by atoms with E-state index in [2.05, 4.69) is 13.8 Å². The number of carbonyl (C=O) groups excluding carboxylic acids is 2. The summed E-state index contributed by atoms with van der Waals surface area (Å²) in [5.41, 5.74) is 0.590. The number of methoxy groups -OCH3 is 1. The van der Waals surface area contributed by atoms with Crippen LogP contribution in [-0.4, -0.2) is 37.4 Å². The van der Waals surface area contributed by atoms with Gasteiger partial charge in [0, 0.05) is 13.5 Å². The van der Waals surface area contributed by atoms with Gasteiger partial charge in [0.25, 0.3) is 0 Å². The Kier molecular flexibility index (Phi) is 8.62. The van der Waals surface area contributed by atoms with Crippen molar-refractivity contribution in [2.75, 3.05) is 13.7 Å². The summed E-state index contributed by atoms with van der Waals surface area (Å²) in [5.74, 6) is -0.788. The highest BCUT2D eigenvalue weighted by Crippen LogP contribution is 2.24. The summed E-state index contributed by atoms with van der Waals surface area (Å²) in [4.78, 5) is 24.0. The SMILES string of the molecule is CCC(C)OC(=O)c1ccc(C(=O)OCCC(CC)(CC)OC)cc1. The zero-order valence-corrected chi connectivity index (χ0v) is 16.0. The predicted octanol–water partition coefficient (Wildman–Crippen LogP) is 4.39. The Morgan fingerprint density at radius 1 is 1.00 bits per heavy atom. The van der Waals surface area contributed by atoms with Gasteiger partial charge >= 0.3 is 11.9 Å². The average Bonchev–Trinajstić information content (AvgIpc) is 2.65. The van der Waals surface area contributed by atoms with E-state index in [0.717, 1.165) is 19.3 Å². The highest BCUT2D eigenvalue weighted by Gasteiger charge is 2.25. The molecule has 0 aromatic heterocycles. The first-order valence-corrected chi connectivity index (χ1v) is 8.94. The van der Waals surface area contributed by atoms with E-state index >= 15 is 0 Å². The van der Waals surface area contributed by atoms with Crippen LogP contribution in [0.1, 0.15) is 74.1 Å². The Balaban J connectivity index is 2.58. The Bertz CT molecular complexity index is 537. The van der Waals surface area contributed by atoms with Crippen LogP contribution in [0.5, 0.6) is 0 Å². The fraction of sp³-hybridized carbons (Fsp3) is 0.600. The highest BCUT2D eigenvalue weighted by atomic mass is 16.5. The first-order valence-electron chi connectivity index (χ1n) is 8.94. The molecule has 0 N–H and O–H groups in total. The van der Waals surface area contributed by atoms with Crippen LogP contribution < -0.4 is 0 Å². The van der Waals surface area contributed by atoms with E-state index in [1.165, 1.54) is 0 Å². The van der Waals surface area contributed by atoms with Gasteiger partial charge in [0.2, 0.25) is 0 Å². The van der Waals surface area contributed by atoms with Crippen molar-refractivity contribution < 1.29 is 23.8 Å². The lowest BCUT2D eigenvalue weighted by Crippen LogP contribution is -2.31. The lowest BCUT2D eigenvalue weighted by atomic mass is 9.93. The van der Waals surface area contributed by atoms with Crippen LogP contribution in [0.4, 0.5) is 0 Å². The Morgan fingerprint density at radius 3 is 1.96 bits per heavy atom. The van der Waals surface area contributed by atoms with Crippen molar-refractivity contribution in [3.63, 3.8) is 0 Å². The molecule has 0 spiro atoms. The van der Waals surface area contributed by atoms with Crippen LogP contribution >= 0.6 is 0 Å². The molecule has 1 aromatic rings. The van der Waals surface area contributed by atoms with Crippen molar-refractivity contribution in [2.24, 2.45) is 0 Å². The summed E-state index contributed by atoms with van der Waals surface area (Å²) < 4.78 is 16.2. The second-order valence-corrected chi connectivity index (χ2v) is 6.18. The van der Waals surface area contributed by atoms with Gasteiger partial charge in [0.05, 0.1) is 29.4 Å². The third-order valence-corrected chi connectivity index (χ3v) is 4.75. The molecule has 0 amide bonds. The minimum absolute atomic E-state index is 0.129. The summed E-state index contributed by atoms with van der Waals surface area (Å²) in [6.07, 6.45) is 3.01. The van der Waals surface area contributed by atoms with E-state index in [9.17, 15) is 9.59 Å². The molecule has 0 saturated heterocycles. The smallest absolute Gasteiger partial charge is 0.338 e. The Morgan fingerprint density at radius 2 is 1.52 bits per heavy atom. The first kappa shape index (κ1) is 21.2. The van der Waals surface area contributed by atoms with Crippen molar-refractivity contribution in [3.05, 3.63) is 35.4 Å². The van der Waals surface area contributed by atoms with Gasteiger partial charge in [-0.05, 0) is 50.5 Å². The highest BCUT2D eigenvalue weighted by molar-refractivity contribution is 5.93. The lowest BCUT2D eigenvalue weighted by Gasteiger charge is -2.29. The third kappa shape index (κ3) is 6.16. The average molecular weight is 350 g/mol. The summed E-state index contributed by atoms with van der Waals surface area (Å²) in [7, 11) is 1.69. The van der Waals surface area contributed by atoms with Gasteiger partial charge in [-0.2, -0.15) is 0 Å². The third-order valence-electron chi connectivity index (χ3n) is 4.75. The molecule has 1 rings (SSSR count). The van der Waals surface area contributed by atoms with Gasteiger partial charge in [0.1, 0.15) is 0 Å². The normalized spacial score (nSPS) is 12.5. The summed E-state index contributed by atoms with van der Waals surface area (Å²) in [6.45, 7) is 8.22. The Labute approximate surface area is 150 Å². The molecule has 0 aliphatic rings. The maximum absolute atomic E-state index is 12.1. The second kappa shape index (κ2) is 10.2. The van der Waals surface area contributed by atoms with Crippen molar-refractivity contribution in [2.45, 2.75) is 65.1 Å². The number of hydrogen-bond acceptors (Lipinski definition) is 5. The lowest BCUT2D eigenvalue weighted by molar-refractivity contribution is -0.0380. The fourth-order valence-corrected chi connectivity index (χ4v) is 2.48. The van der Waals surface area contributed by atoms with Gasteiger partial charge in [0.15, 0.2) is 0 Å². The molecule has 0 bridgehead atoms. The molecule has 0 saturated carbocycles. The molecule has 5 nitrogen and oxygen atoms in total. The molecule has 0 aliphatic carbocycles. The maximum atomic E-state index is 12.1. The molecule has 140 valence electrons. The van der Waals surface area contributed by atoms with Crippen molar-refractivity contribution in [3.8, 4) is 0 Å². The van der Waals surface area contributed by atoms with Crippen LogP contribution in [0.3, 0.4) is 0 Å². The van der Waals surface area contributed by atoms with Gasteiger partial charge in [-0.3, -0.25) is 0 Å². The van der Waals surface area contributed by atoms with Crippen LogP contribution in [0, 0.1) is 0 Å². The number of esters is 2. The molecule has 25 heavy (non-hydrogen) atoms. The second-order valence-electron chi connectivity index (χ2n) is 6.18. The van der Waals surface area contributed by atoms with Crippen molar-refractivity contribution in [1.82, 2.24) is 0 Å². The van der Waals surface area contributed by atoms with Gasteiger partial charge in [-0.15, -0.1) is 0 Å². The van der Waals surface area contributed by atoms with Crippen LogP contribution in [0.15, 0.2) is 24.3 Å². The van der Waals surface area contributed by atoms with E-state index in [4.69, 9.17) is 14.2 Å². The maximum Gasteiger partial charge on any atom is 0.338 e. The fourth-order valence-electron chi connectivity index (χ4n) is 2.48. The standard InChI is InChI=1S/C20H30O5/c1-6-15(4)25-19(22)17-11-9-16(10-12-17)18(21)24-14-13-20(7-2,8-3)23-5/h9-12,15H,6-8,13-14H2,1-5H3. The van der Waals surface area contributed by atoms with Crippen molar-refractivity contribution >= 4 is 11.9 Å². The number of benzene rings is 1. The number of hydrogen-bond donors (Lipinski definition) is 0. The molecular formula is C20H30O5. The predicted molar refractivity (Wildman–Crippen MR) is 96.8 cm³/mol. The van der Waals surface area contributed by atoms with E-state index in [-0.39, 0.29) is 17.7 Å². The first-order chi connectivity index (χ1) is 11.9. The number of rotatable bonds is 10. The van der Waals surface area contributed by atoms with Crippen LogP contribution in [0.2, 0.25) is 0 Å². The van der Waals surface area contributed by atoms with Crippen molar-refractivity contribution in [1.29, 1.82) is 0 Å². The zero-order chi connectivity index (χ0) is 18.9. The van der Waals surface area contributed by atoms with E-state index in [0.29, 0.717) is 24.2 Å². The minimum atomic E-state index is -0.404. The Hall–Kier alpha value is -1.88. The van der Waals surface area contributed by atoms with Crippen LogP contribution in [0.25, 0.3) is 0 Å². The van der Waals surface area contributed by atoms with E-state index in [1.807, 2.05) is 13.8 Å². The van der Waals surface area contributed by atoms with Gasteiger partial charge < -0.3 is 14.2 Å². The topological polar surface area (TPSA) is 61.8 Å². The van der Waals surface area contributed by atoms with Gasteiger partial charge in [-0.1, -0.05) is 20.8 Å². The summed E-state index contributed by atoms with van der Waals surface area (Å²) in [5, 5.41) is 0. The molecule has 0 heterocycles. The molecular weight excluding hydrogens is 320 g/mol. The van der Waals surface area contributed by atoms with E-state index in [1.54, 1.807) is 31.4 Å². The minimum Gasteiger partial charge on any atom is -0.462 e. The zero-order valence-electron chi connectivity index (χ0n) is 16.0. The molecule has 0 aliphatic heterocycles.